The van der Waals surface area contributed by atoms with Gasteiger partial charge in [0, 0.05) is 6.20 Å². The second-order valence-corrected chi connectivity index (χ2v) is 3.87. The van der Waals surface area contributed by atoms with Gasteiger partial charge in [-0.2, -0.15) is 0 Å². The maximum atomic E-state index is 6.24. The quantitative estimate of drug-likeness (QED) is 0.748. The Bertz CT molecular complexity index is 303. The van der Waals surface area contributed by atoms with Crippen LogP contribution in [0, 0.1) is 0 Å². The average Bonchev–Trinajstić information content (AvgIpc) is 2.14. The van der Waals surface area contributed by atoms with E-state index < -0.39 is 0 Å². The molecule has 13 heavy (non-hydrogen) atoms. The molecule has 0 aromatic carbocycles. The summed E-state index contributed by atoms with van der Waals surface area (Å²) in [6, 6.07) is 4.12. The lowest BCUT2D eigenvalue weighted by molar-refractivity contribution is 0.244. The minimum atomic E-state index is -0.105. The molecular weight excluding hydrogens is 160 g/mol. The third-order valence-corrected chi connectivity index (χ3v) is 2.99. The van der Waals surface area contributed by atoms with Gasteiger partial charge in [0.15, 0.2) is 0 Å². The van der Waals surface area contributed by atoms with Crippen molar-refractivity contribution in [2.75, 3.05) is 0 Å². The molecule has 0 amide bonds. The van der Waals surface area contributed by atoms with Crippen molar-refractivity contribution in [3.05, 3.63) is 29.6 Å². The van der Waals surface area contributed by atoms with E-state index in [1.807, 2.05) is 12.3 Å². The van der Waals surface area contributed by atoms with Gasteiger partial charge < -0.3 is 5.73 Å². The first-order valence-electron chi connectivity index (χ1n) is 4.99. The first-order valence-corrected chi connectivity index (χ1v) is 4.99. The molecule has 2 nitrogen and oxygen atoms in total. The van der Waals surface area contributed by atoms with Crippen LogP contribution in [-0.2, 0) is 12.0 Å². The molecule has 0 bridgehead atoms. The van der Waals surface area contributed by atoms with Crippen molar-refractivity contribution in [3.63, 3.8) is 0 Å². The predicted octanol–water partition coefficient (Wildman–Crippen LogP) is 1.98. The Hall–Kier alpha value is -0.890. The Labute approximate surface area is 79.2 Å². The Morgan fingerprint density at radius 1 is 1.54 bits per heavy atom. The Kier molecular flexibility index (Phi) is 2.08. The zero-order chi connectivity index (χ0) is 9.31. The monoisotopic (exact) mass is 176 g/mol. The molecule has 0 atom stereocenters. The van der Waals surface area contributed by atoms with Gasteiger partial charge in [0.2, 0.25) is 0 Å². The molecule has 70 valence electrons. The number of aryl methyl sites for hydroxylation is 1. The van der Waals surface area contributed by atoms with Crippen LogP contribution in [0.5, 0.6) is 0 Å². The van der Waals surface area contributed by atoms with Crippen LogP contribution in [0.4, 0.5) is 0 Å². The highest BCUT2D eigenvalue weighted by molar-refractivity contribution is 5.28. The van der Waals surface area contributed by atoms with Gasteiger partial charge in [-0.3, -0.25) is 4.98 Å². The van der Waals surface area contributed by atoms with Crippen molar-refractivity contribution in [1.29, 1.82) is 0 Å². The van der Waals surface area contributed by atoms with Crippen molar-refractivity contribution in [1.82, 2.24) is 4.98 Å². The number of rotatable bonds is 2. The van der Waals surface area contributed by atoms with E-state index in [1.54, 1.807) is 0 Å². The SMILES string of the molecule is CCc1cccnc1C1(N)CCC1. The highest BCUT2D eigenvalue weighted by atomic mass is 14.9. The predicted molar refractivity (Wildman–Crippen MR) is 53.3 cm³/mol. The lowest BCUT2D eigenvalue weighted by Gasteiger charge is -2.38. The number of hydrogen-bond acceptors (Lipinski definition) is 2. The van der Waals surface area contributed by atoms with Gasteiger partial charge in [0.05, 0.1) is 11.2 Å². The van der Waals surface area contributed by atoms with E-state index in [-0.39, 0.29) is 5.54 Å². The highest BCUT2D eigenvalue weighted by Crippen LogP contribution is 2.38. The molecule has 1 heterocycles. The summed E-state index contributed by atoms with van der Waals surface area (Å²) in [7, 11) is 0. The summed E-state index contributed by atoms with van der Waals surface area (Å²) < 4.78 is 0. The molecule has 0 unspecified atom stereocenters. The first kappa shape index (κ1) is 8.70. The summed E-state index contributed by atoms with van der Waals surface area (Å²) in [5.41, 5.74) is 8.57. The fraction of sp³-hybridized carbons (Fsp3) is 0.545. The summed E-state index contributed by atoms with van der Waals surface area (Å²) in [4.78, 5) is 4.42. The van der Waals surface area contributed by atoms with Crippen LogP contribution >= 0.6 is 0 Å². The molecule has 0 radical (unpaired) electrons. The van der Waals surface area contributed by atoms with Crippen molar-refractivity contribution in [3.8, 4) is 0 Å². The minimum absolute atomic E-state index is 0.105. The van der Waals surface area contributed by atoms with Crippen LogP contribution in [0.1, 0.15) is 37.4 Å². The van der Waals surface area contributed by atoms with Crippen LogP contribution in [0.2, 0.25) is 0 Å². The topological polar surface area (TPSA) is 38.9 Å². The average molecular weight is 176 g/mol. The number of aromatic nitrogens is 1. The van der Waals surface area contributed by atoms with Gasteiger partial charge >= 0.3 is 0 Å². The molecule has 1 aliphatic rings. The fourth-order valence-electron chi connectivity index (χ4n) is 1.97. The number of pyridine rings is 1. The fourth-order valence-corrected chi connectivity index (χ4v) is 1.97. The molecule has 2 rings (SSSR count). The molecule has 1 saturated carbocycles. The van der Waals surface area contributed by atoms with Gasteiger partial charge in [0.25, 0.3) is 0 Å². The van der Waals surface area contributed by atoms with E-state index in [1.165, 1.54) is 12.0 Å². The normalized spacial score (nSPS) is 19.5. The van der Waals surface area contributed by atoms with Crippen LogP contribution < -0.4 is 5.73 Å². The van der Waals surface area contributed by atoms with Crippen LogP contribution in [-0.4, -0.2) is 4.98 Å². The number of nitrogens with two attached hydrogens (primary N) is 1. The zero-order valence-corrected chi connectivity index (χ0v) is 8.09. The molecule has 2 heteroatoms. The minimum Gasteiger partial charge on any atom is -0.320 e. The Morgan fingerprint density at radius 3 is 2.85 bits per heavy atom. The van der Waals surface area contributed by atoms with Crippen LogP contribution in [0.25, 0.3) is 0 Å². The van der Waals surface area contributed by atoms with Crippen molar-refractivity contribution in [2.24, 2.45) is 5.73 Å². The Morgan fingerprint density at radius 2 is 2.31 bits per heavy atom. The Balaban J connectivity index is 2.38. The van der Waals surface area contributed by atoms with Crippen LogP contribution in [0.15, 0.2) is 18.3 Å². The third-order valence-electron chi connectivity index (χ3n) is 2.99. The van der Waals surface area contributed by atoms with Crippen molar-refractivity contribution in [2.45, 2.75) is 38.1 Å². The maximum absolute atomic E-state index is 6.24. The second-order valence-electron chi connectivity index (χ2n) is 3.87. The maximum Gasteiger partial charge on any atom is 0.0634 e. The van der Waals surface area contributed by atoms with Gasteiger partial charge in [-0.15, -0.1) is 0 Å². The lowest BCUT2D eigenvalue weighted by atomic mass is 9.73. The van der Waals surface area contributed by atoms with E-state index in [0.29, 0.717) is 0 Å². The third kappa shape index (κ3) is 1.35. The molecule has 1 fully saturated rings. The number of nitrogens with zero attached hydrogens (tertiary/aromatic N) is 1. The summed E-state index contributed by atoms with van der Waals surface area (Å²) in [6.45, 7) is 2.16. The van der Waals surface area contributed by atoms with Crippen LogP contribution in [0.3, 0.4) is 0 Å². The van der Waals surface area contributed by atoms with Crippen molar-refractivity contribution >= 4 is 0 Å². The highest BCUT2D eigenvalue weighted by Gasteiger charge is 2.36. The van der Waals surface area contributed by atoms with Gasteiger partial charge in [-0.25, -0.2) is 0 Å². The molecule has 1 aliphatic carbocycles. The molecular formula is C11H16N2. The summed E-state index contributed by atoms with van der Waals surface area (Å²) in [5, 5.41) is 0. The molecule has 2 N–H and O–H groups in total. The first-order chi connectivity index (χ1) is 6.26. The van der Waals surface area contributed by atoms with Crippen molar-refractivity contribution < 1.29 is 0 Å². The van der Waals surface area contributed by atoms with Gasteiger partial charge in [0.1, 0.15) is 0 Å². The molecule has 0 saturated heterocycles. The molecule has 1 aromatic heterocycles. The number of hydrogen-bond donors (Lipinski definition) is 1. The van der Waals surface area contributed by atoms with E-state index in [0.717, 1.165) is 25.0 Å². The summed E-state index contributed by atoms with van der Waals surface area (Å²) in [6.07, 6.45) is 6.31. The largest absolute Gasteiger partial charge is 0.320 e. The van der Waals surface area contributed by atoms with E-state index in [2.05, 4.69) is 18.0 Å². The standard InChI is InChI=1S/C11H16N2/c1-2-9-5-3-8-13-10(9)11(12)6-4-7-11/h3,5,8H,2,4,6-7,12H2,1H3. The van der Waals surface area contributed by atoms with Gasteiger partial charge in [-0.05, 0) is 37.3 Å². The second kappa shape index (κ2) is 3.11. The van der Waals surface area contributed by atoms with E-state index >= 15 is 0 Å². The lowest BCUT2D eigenvalue weighted by Crippen LogP contribution is -2.44. The molecule has 1 aromatic rings. The zero-order valence-electron chi connectivity index (χ0n) is 8.09. The molecule has 0 spiro atoms. The summed E-state index contributed by atoms with van der Waals surface area (Å²) >= 11 is 0. The smallest absolute Gasteiger partial charge is 0.0634 e. The molecule has 0 aliphatic heterocycles. The van der Waals surface area contributed by atoms with E-state index in [9.17, 15) is 0 Å². The van der Waals surface area contributed by atoms with E-state index in [4.69, 9.17) is 5.73 Å². The van der Waals surface area contributed by atoms with Gasteiger partial charge in [-0.1, -0.05) is 13.0 Å². The summed E-state index contributed by atoms with van der Waals surface area (Å²) in [5.74, 6) is 0.